The molecule has 0 aliphatic rings. The standard InChI is InChI=1S/C16H15BrClNO2/c1-11(14-8-7-12(17)9-15(14)18)19(10-16(20)21)13-5-3-2-4-6-13/h2-9,11H,10H2,1H3,(H,20,21). The number of benzene rings is 2. The van der Waals surface area contributed by atoms with Gasteiger partial charge in [-0.25, -0.2) is 0 Å². The molecule has 0 aliphatic heterocycles. The number of hydrogen-bond acceptors (Lipinski definition) is 2. The van der Waals surface area contributed by atoms with E-state index >= 15 is 0 Å². The molecule has 0 aromatic heterocycles. The molecule has 2 aromatic rings. The van der Waals surface area contributed by atoms with Gasteiger partial charge in [0.1, 0.15) is 6.54 Å². The molecule has 0 spiro atoms. The van der Waals surface area contributed by atoms with Crippen LogP contribution >= 0.6 is 27.5 Å². The van der Waals surface area contributed by atoms with Gasteiger partial charge in [0, 0.05) is 15.2 Å². The number of para-hydroxylation sites is 1. The molecule has 21 heavy (non-hydrogen) atoms. The molecule has 2 aromatic carbocycles. The highest BCUT2D eigenvalue weighted by atomic mass is 79.9. The number of anilines is 1. The van der Waals surface area contributed by atoms with Crippen molar-refractivity contribution in [3.8, 4) is 0 Å². The monoisotopic (exact) mass is 367 g/mol. The number of carbonyl (C=O) groups is 1. The first-order valence-corrected chi connectivity index (χ1v) is 7.64. The zero-order valence-electron chi connectivity index (χ0n) is 11.5. The van der Waals surface area contributed by atoms with Crippen molar-refractivity contribution in [1.29, 1.82) is 0 Å². The van der Waals surface area contributed by atoms with E-state index in [1.807, 2.05) is 60.4 Å². The average molecular weight is 369 g/mol. The Bertz CT molecular complexity index is 633. The summed E-state index contributed by atoms with van der Waals surface area (Å²) in [6, 6.07) is 15.0. The van der Waals surface area contributed by atoms with Gasteiger partial charge in [-0.3, -0.25) is 4.79 Å². The van der Waals surface area contributed by atoms with Crippen molar-refractivity contribution in [2.24, 2.45) is 0 Å². The highest BCUT2D eigenvalue weighted by Crippen LogP contribution is 2.32. The molecular weight excluding hydrogens is 354 g/mol. The lowest BCUT2D eigenvalue weighted by Crippen LogP contribution is -2.32. The van der Waals surface area contributed by atoms with Gasteiger partial charge >= 0.3 is 5.97 Å². The molecule has 1 N–H and O–H groups in total. The highest BCUT2D eigenvalue weighted by molar-refractivity contribution is 9.10. The minimum absolute atomic E-state index is 0.0857. The summed E-state index contributed by atoms with van der Waals surface area (Å²) >= 11 is 9.66. The Morgan fingerprint density at radius 2 is 1.95 bits per heavy atom. The molecule has 5 heteroatoms. The summed E-state index contributed by atoms with van der Waals surface area (Å²) in [5, 5.41) is 9.79. The molecule has 0 bridgehead atoms. The molecule has 0 saturated carbocycles. The van der Waals surface area contributed by atoms with Gasteiger partial charge in [0.15, 0.2) is 0 Å². The van der Waals surface area contributed by atoms with Crippen LogP contribution < -0.4 is 4.90 Å². The summed E-state index contributed by atoms with van der Waals surface area (Å²) in [6.45, 7) is 1.86. The van der Waals surface area contributed by atoms with Crippen LogP contribution in [0.25, 0.3) is 0 Å². The molecule has 0 heterocycles. The van der Waals surface area contributed by atoms with E-state index in [4.69, 9.17) is 11.6 Å². The molecule has 2 rings (SSSR count). The van der Waals surface area contributed by atoms with Gasteiger partial charge in [-0.2, -0.15) is 0 Å². The number of halogens is 2. The van der Waals surface area contributed by atoms with Crippen LogP contribution in [0.5, 0.6) is 0 Å². The number of nitrogens with zero attached hydrogens (tertiary/aromatic N) is 1. The van der Waals surface area contributed by atoms with E-state index in [-0.39, 0.29) is 12.6 Å². The van der Waals surface area contributed by atoms with Crippen molar-refractivity contribution in [2.75, 3.05) is 11.4 Å². The van der Waals surface area contributed by atoms with Crippen molar-refractivity contribution >= 4 is 39.2 Å². The van der Waals surface area contributed by atoms with Crippen LogP contribution in [0, 0.1) is 0 Å². The summed E-state index contributed by atoms with van der Waals surface area (Å²) in [6.07, 6.45) is 0. The maximum Gasteiger partial charge on any atom is 0.323 e. The quantitative estimate of drug-likeness (QED) is 0.827. The summed E-state index contributed by atoms with van der Waals surface area (Å²) in [7, 11) is 0. The normalized spacial score (nSPS) is 12.0. The molecular formula is C16H15BrClNO2. The second kappa shape index (κ2) is 6.96. The minimum Gasteiger partial charge on any atom is -0.480 e. The van der Waals surface area contributed by atoms with E-state index in [9.17, 15) is 9.90 Å². The SMILES string of the molecule is CC(c1ccc(Br)cc1Cl)N(CC(=O)O)c1ccccc1. The smallest absolute Gasteiger partial charge is 0.323 e. The van der Waals surface area contributed by atoms with Gasteiger partial charge in [-0.1, -0.05) is 51.8 Å². The number of aliphatic carboxylic acids is 1. The fourth-order valence-corrected chi connectivity index (χ4v) is 3.06. The van der Waals surface area contributed by atoms with Gasteiger partial charge in [0.2, 0.25) is 0 Å². The van der Waals surface area contributed by atoms with E-state index in [2.05, 4.69) is 15.9 Å². The first-order valence-electron chi connectivity index (χ1n) is 6.47. The Hall–Kier alpha value is -1.52. The van der Waals surface area contributed by atoms with E-state index in [0.717, 1.165) is 15.7 Å². The number of carboxylic acids is 1. The second-order valence-electron chi connectivity index (χ2n) is 4.70. The lowest BCUT2D eigenvalue weighted by atomic mass is 10.1. The first kappa shape index (κ1) is 15.9. The van der Waals surface area contributed by atoms with Crippen LogP contribution in [0.15, 0.2) is 53.0 Å². The second-order valence-corrected chi connectivity index (χ2v) is 6.02. The lowest BCUT2D eigenvalue weighted by molar-refractivity contribution is -0.135. The van der Waals surface area contributed by atoms with E-state index in [1.54, 1.807) is 0 Å². The summed E-state index contributed by atoms with van der Waals surface area (Å²) in [4.78, 5) is 13.0. The van der Waals surface area contributed by atoms with Crippen molar-refractivity contribution in [3.63, 3.8) is 0 Å². The third kappa shape index (κ3) is 3.99. The fourth-order valence-electron chi connectivity index (χ4n) is 2.23. The summed E-state index contributed by atoms with van der Waals surface area (Å²) in [5.41, 5.74) is 1.75. The van der Waals surface area contributed by atoms with Gasteiger partial charge in [0.25, 0.3) is 0 Å². The van der Waals surface area contributed by atoms with Crippen LogP contribution in [0.2, 0.25) is 5.02 Å². The number of hydrogen-bond donors (Lipinski definition) is 1. The predicted molar refractivity (Wildman–Crippen MR) is 89.0 cm³/mol. The molecule has 0 fully saturated rings. The first-order chi connectivity index (χ1) is 9.99. The van der Waals surface area contributed by atoms with E-state index < -0.39 is 5.97 Å². The van der Waals surface area contributed by atoms with Crippen molar-refractivity contribution in [1.82, 2.24) is 0 Å². The zero-order valence-corrected chi connectivity index (χ0v) is 13.8. The topological polar surface area (TPSA) is 40.5 Å². The van der Waals surface area contributed by atoms with Crippen LogP contribution in [-0.4, -0.2) is 17.6 Å². The van der Waals surface area contributed by atoms with E-state index in [1.165, 1.54) is 0 Å². The molecule has 1 atom stereocenters. The molecule has 1 unspecified atom stereocenters. The molecule has 0 amide bonds. The van der Waals surface area contributed by atoms with Gasteiger partial charge in [0.05, 0.1) is 6.04 Å². The highest BCUT2D eigenvalue weighted by Gasteiger charge is 2.21. The van der Waals surface area contributed by atoms with Crippen molar-refractivity contribution < 1.29 is 9.90 Å². The van der Waals surface area contributed by atoms with E-state index in [0.29, 0.717) is 5.02 Å². The predicted octanol–water partition coefficient (Wildman–Crippen LogP) is 4.75. The third-order valence-electron chi connectivity index (χ3n) is 3.27. The molecule has 0 aliphatic carbocycles. The maximum atomic E-state index is 11.2. The van der Waals surface area contributed by atoms with Gasteiger partial charge in [-0.05, 0) is 36.8 Å². The van der Waals surface area contributed by atoms with Crippen LogP contribution in [0.1, 0.15) is 18.5 Å². The maximum absolute atomic E-state index is 11.2. The molecule has 110 valence electrons. The fraction of sp³-hybridized carbons (Fsp3) is 0.188. The minimum atomic E-state index is -0.876. The molecule has 3 nitrogen and oxygen atoms in total. The third-order valence-corrected chi connectivity index (χ3v) is 4.09. The summed E-state index contributed by atoms with van der Waals surface area (Å²) < 4.78 is 0.896. The number of carboxylic acid groups (broad SMARTS) is 1. The molecule has 0 radical (unpaired) electrons. The average Bonchev–Trinajstić information content (AvgIpc) is 2.45. The van der Waals surface area contributed by atoms with Gasteiger partial charge in [-0.15, -0.1) is 0 Å². The Labute approximate surface area is 137 Å². The Balaban J connectivity index is 2.38. The van der Waals surface area contributed by atoms with Crippen LogP contribution in [0.3, 0.4) is 0 Å². The van der Waals surface area contributed by atoms with Crippen LogP contribution in [-0.2, 0) is 4.79 Å². The molecule has 0 saturated heterocycles. The largest absolute Gasteiger partial charge is 0.480 e. The van der Waals surface area contributed by atoms with Crippen molar-refractivity contribution in [2.45, 2.75) is 13.0 Å². The lowest BCUT2D eigenvalue weighted by Gasteiger charge is -2.30. The Morgan fingerprint density at radius 3 is 2.52 bits per heavy atom. The van der Waals surface area contributed by atoms with Crippen molar-refractivity contribution in [3.05, 3.63) is 63.6 Å². The Kier molecular flexibility index (Phi) is 5.26. The number of rotatable bonds is 5. The van der Waals surface area contributed by atoms with Crippen LogP contribution in [0.4, 0.5) is 5.69 Å². The van der Waals surface area contributed by atoms with Gasteiger partial charge < -0.3 is 10.0 Å². The Morgan fingerprint density at radius 1 is 1.29 bits per heavy atom. The zero-order chi connectivity index (χ0) is 15.4. The summed E-state index contributed by atoms with van der Waals surface area (Å²) in [5.74, 6) is -0.876.